The van der Waals surface area contributed by atoms with Crippen LogP contribution in [0.1, 0.15) is 30.9 Å². The van der Waals surface area contributed by atoms with Gasteiger partial charge in [0.05, 0.1) is 5.56 Å². The van der Waals surface area contributed by atoms with E-state index in [0.717, 1.165) is 6.07 Å². The summed E-state index contributed by atoms with van der Waals surface area (Å²) in [7, 11) is 0. The van der Waals surface area contributed by atoms with Gasteiger partial charge in [-0.25, -0.2) is 0 Å². The van der Waals surface area contributed by atoms with Crippen LogP contribution in [0, 0.1) is 0 Å². The van der Waals surface area contributed by atoms with Crippen molar-refractivity contribution in [2.24, 2.45) is 5.73 Å². The molecule has 2 rings (SSSR count). The summed E-state index contributed by atoms with van der Waals surface area (Å²) in [6.07, 6.45) is -0.440. The van der Waals surface area contributed by atoms with Gasteiger partial charge in [0.25, 0.3) is 0 Å². The van der Waals surface area contributed by atoms with Gasteiger partial charge in [-0.15, -0.1) is 0 Å². The minimum absolute atomic E-state index is 0.248. The molecule has 0 amide bonds. The third kappa shape index (κ3) is 1.69. The molecule has 1 saturated carbocycles. The molecule has 1 aromatic heterocycles. The van der Waals surface area contributed by atoms with E-state index in [-0.39, 0.29) is 11.6 Å². The summed E-state index contributed by atoms with van der Waals surface area (Å²) in [6, 6.07) is 0.746. The Morgan fingerprint density at radius 1 is 1.44 bits per heavy atom. The molecule has 0 bridgehead atoms. The number of halogens is 3. The van der Waals surface area contributed by atoms with Crippen molar-refractivity contribution < 1.29 is 13.2 Å². The van der Waals surface area contributed by atoms with Gasteiger partial charge in [-0.05, 0) is 31.4 Å². The van der Waals surface area contributed by atoms with Gasteiger partial charge in [-0.1, -0.05) is 0 Å². The van der Waals surface area contributed by atoms with E-state index in [0.29, 0.717) is 12.8 Å². The second-order valence-corrected chi connectivity index (χ2v) is 4.36. The first-order valence-electron chi connectivity index (χ1n) is 5.15. The minimum Gasteiger partial charge on any atom is -0.327 e. The summed E-state index contributed by atoms with van der Waals surface area (Å²) >= 11 is 0. The lowest BCUT2D eigenvalue weighted by molar-refractivity contribution is -0.138. The van der Waals surface area contributed by atoms with E-state index < -0.39 is 17.2 Å². The van der Waals surface area contributed by atoms with Crippen LogP contribution >= 0.6 is 0 Å². The van der Waals surface area contributed by atoms with E-state index in [1.165, 1.54) is 12.4 Å². The van der Waals surface area contributed by atoms with E-state index in [4.69, 9.17) is 5.73 Å². The largest absolute Gasteiger partial charge is 0.416 e. The van der Waals surface area contributed by atoms with Crippen molar-refractivity contribution in [1.82, 2.24) is 4.98 Å². The molecule has 0 radical (unpaired) electrons. The summed E-state index contributed by atoms with van der Waals surface area (Å²) in [5, 5.41) is 0. The van der Waals surface area contributed by atoms with Crippen LogP contribution in [0.2, 0.25) is 0 Å². The van der Waals surface area contributed by atoms with E-state index in [1.807, 2.05) is 0 Å². The molecule has 5 heteroatoms. The Morgan fingerprint density at radius 3 is 2.50 bits per heavy atom. The van der Waals surface area contributed by atoms with Crippen molar-refractivity contribution in [3.63, 3.8) is 0 Å². The van der Waals surface area contributed by atoms with Crippen molar-refractivity contribution in [1.29, 1.82) is 0 Å². The molecule has 0 spiro atoms. The topological polar surface area (TPSA) is 38.9 Å². The lowest BCUT2D eigenvalue weighted by Crippen LogP contribution is -2.33. The number of pyridine rings is 1. The molecule has 1 atom stereocenters. The molecule has 1 heterocycles. The van der Waals surface area contributed by atoms with Crippen LogP contribution in [-0.2, 0) is 11.6 Å². The zero-order chi connectivity index (χ0) is 12.0. The summed E-state index contributed by atoms with van der Waals surface area (Å²) in [5.74, 6) is 0. The van der Waals surface area contributed by atoms with Crippen molar-refractivity contribution in [2.75, 3.05) is 0 Å². The maximum atomic E-state index is 12.8. The van der Waals surface area contributed by atoms with Gasteiger partial charge >= 0.3 is 6.18 Å². The molecular weight excluding hydrogens is 217 g/mol. The number of nitrogens with two attached hydrogens (primary N) is 1. The first kappa shape index (κ1) is 11.4. The van der Waals surface area contributed by atoms with E-state index in [9.17, 15) is 13.2 Å². The highest BCUT2D eigenvalue weighted by molar-refractivity contribution is 5.39. The second-order valence-electron chi connectivity index (χ2n) is 4.36. The molecular formula is C11H13F3N2. The maximum absolute atomic E-state index is 12.8. The predicted molar refractivity (Wildman–Crippen MR) is 53.8 cm³/mol. The van der Waals surface area contributed by atoms with Crippen molar-refractivity contribution in [2.45, 2.75) is 37.4 Å². The molecule has 1 aliphatic rings. The SMILES string of the molecule is CC(N)C1(c2cnccc2C(F)(F)F)CC1. The minimum atomic E-state index is -4.33. The summed E-state index contributed by atoms with van der Waals surface area (Å²) in [6.45, 7) is 1.75. The Hall–Kier alpha value is -1.10. The quantitative estimate of drug-likeness (QED) is 0.847. The summed E-state index contributed by atoms with van der Waals surface area (Å²) in [4.78, 5) is 3.79. The van der Waals surface area contributed by atoms with Gasteiger partial charge in [-0.2, -0.15) is 13.2 Å². The fraction of sp³-hybridized carbons (Fsp3) is 0.545. The van der Waals surface area contributed by atoms with Crippen molar-refractivity contribution in [3.05, 3.63) is 29.6 Å². The van der Waals surface area contributed by atoms with Crippen LogP contribution in [0.3, 0.4) is 0 Å². The van der Waals surface area contributed by atoms with Gasteiger partial charge in [0.15, 0.2) is 0 Å². The standard InChI is InChI=1S/C11H13F3N2/c1-7(15)10(3-4-10)9-6-16-5-2-8(9)11(12,13)14/h2,5-7H,3-4,15H2,1H3. The molecule has 0 aliphatic heterocycles. The molecule has 2 N–H and O–H groups in total. The molecule has 1 aromatic rings. The van der Waals surface area contributed by atoms with Gasteiger partial charge in [0.2, 0.25) is 0 Å². The number of aromatic nitrogens is 1. The van der Waals surface area contributed by atoms with E-state index in [1.54, 1.807) is 6.92 Å². The number of alkyl halides is 3. The van der Waals surface area contributed by atoms with Gasteiger partial charge in [0.1, 0.15) is 0 Å². The monoisotopic (exact) mass is 230 g/mol. The van der Waals surface area contributed by atoms with Crippen LogP contribution in [0.5, 0.6) is 0 Å². The lowest BCUT2D eigenvalue weighted by atomic mass is 9.87. The van der Waals surface area contributed by atoms with Crippen molar-refractivity contribution in [3.8, 4) is 0 Å². The first-order valence-corrected chi connectivity index (χ1v) is 5.15. The highest BCUT2D eigenvalue weighted by atomic mass is 19.4. The Labute approximate surface area is 91.7 Å². The molecule has 2 nitrogen and oxygen atoms in total. The lowest BCUT2D eigenvalue weighted by Gasteiger charge is -2.23. The van der Waals surface area contributed by atoms with E-state index >= 15 is 0 Å². The van der Waals surface area contributed by atoms with Crippen LogP contribution in [0.15, 0.2) is 18.5 Å². The number of rotatable bonds is 2. The first-order chi connectivity index (χ1) is 7.38. The van der Waals surface area contributed by atoms with Gasteiger partial charge in [0, 0.05) is 23.9 Å². The third-order valence-electron chi connectivity index (χ3n) is 3.32. The number of hydrogen-bond donors (Lipinski definition) is 1. The Kier molecular flexibility index (Phi) is 2.45. The maximum Gasteiger partial charge on any atom is 0.416 e. The van der Waals surface area contributed by atoms with Crippen molar-refractivity contribution >= 4 is 0 Å². The second kappa shape index (κ2) is 3.45. The molecule has 0 saturated heterocycles. The predicted octanol–water partition coefficient (Wildman–Crippen LogP) is 2.48. The van der Waals surface area contributed by atoms with Crippen LogP contribution in [0.25, 0.3) is 0 Å². The van der Waals surface area contributed by atoms with Gasteiger partial charge < -0.3 is 5.73 Å². The normalized spacial score (nSPS) is 20.6. The Morgan fingerprint density at radius 2 is 2.06 bits per heavy atom. The molecule has 1 fully saturated rings. The van der Waals surface area contributed by atoms with Crippen LogP contribution < -0.4 is 5.73 Å². The summed E-state index contributed by atoms with van der Waals surface area (Å²) < 4.78 is 38.4. The Bertz CT molecular complexity index is 394. The molecule has 88 valence electrons. The Balaban J connectivity index is 2.50. The molecule has 1 unspecified atom stereocenters. The third-order valence-corrected chi connectivity index (χ3v) is 3.32. The smallest absolute Gasteiger partial charge is 0.327 e. The zero-order valence-corrected chi connectivity index (χ0v) is 8.88. The number of hydrogen-bond acceptors (Lipinski definition) is 2. The van der Waals surface area contributed by atoms with Crippen LogP contribution in [-0.4, -0.2) is 11.0 Å². The van der Waals surface area contributed by atoms with Gasteiger partial charge in [-0.3, -0.25) is 4.98 Å². The highest BCUT2D eigenvalue weighted by Gasteiger charge is 2.51. The van der Waals surface area contributed by atoms with E-state index in [2.05, 4.69) is 4.98 Å². The average molecular weight is 230 g/mol. The molecule has 16 heavy (non-hydrogen) atoms. The molecule has 1 aliphatic carbocycles. The average Bonchev–Trinajstić information content (AvgIpc) is 2.97. The van der Waals surface area contributed by atoms with Crippen LogP contribution in [0.4, 0.5) is 13.2 Å². The fourth-order valence-corrected chi connectivity index (χ4v) is 2.14. The fourth-order valence-electron chi connectivity index (χ4n) is 2.14. The highest BCUT2D eigenvalue weighted by Crippen LogP contribution is 2.53. The summed E-state index contributed by atoms with van der Waals surface area (Å²) in [5.41, 5.74) is 4.91. The zero-order valence-electron chi connectivity index (χ0n) is 8.88. The number of nitrogens with zero attached hydrogens (tertiary/aromatic N) is 1. The molecule has 0 aromatic carbocycles.